The van der Waals surface area contributed by atoms with Gasteiger partial charge in [0.2, 0.25) is 0 Å². The predicted octanol–water partition coefficient (Wildman–Crippen LogP) is 2.31. The molecule has 4 nitrogen and oxygen atoms in total. The van der Waals surface area contributed by atoms with Crippen molar-refractivity contribution in [3.8, 4) is 11.5 Å². The van der Waals surface area contributed by atoms with Crippen LogP contribution in [0.3, 0.4) is 0 Å². The Morgan fingerprint density at radius 1 is 1.20 bits per heavy atom. The number of methoxy groups -OCH3 is 2. The topological polar surface area (TPSA) is 33.7 Å². The van der Waals surface area contributed by atoms with E-state index in [9.17, 15) is 0 Å². The molecule has 1 N–H and O–H groups in total. The molecular weight excluding hydrogens is 276 g/mol. The second kappa shape index (κ2) is 8.35. The molecule has 2 rings (SSSR count). The van der Waals surface area contributed by atoms with Crippen LogP contribution in [0.5, 0.6) is 11.5 Å². The van der Waals surface area contributed by atoms with Gasteiger partial charge in [0.05, 0.1) is 14.2 Å². The molecule has 0 spiro atoms. The number of ether oxygens (including phenoxy) is 2. The highest BCUT2D eigenvalue weighted by Crippen LogP contribution is 2.31. The Balaban J connectivity index is 0.00000200. The van der Waals surface area contributed by atoms with Crippen molar-refractivity contribution in [2.75, 3.05) is 34.4 Å². The summed E-state index contributed by atoms with van der Waals surface area (Å²) in [5.74, 6) is 1.67. The Bertz CT molecular complexity index is 407. The molecule has 0 unspecified atom stereocenters. The number of likely N-dealkylation sites (tertiary alicyclic amines) is 1. The average Bonchev–Trinajstić information content (AvgIpc) is 2.47. The Kier molecular flexibility index (Phi) is 7.13. The van der Waals surface area contributed by atoms with Crippen LogP contribution in [0.4, 0.5) is 0 Å². The van der Waals surface area contributed by atoms with Crippen LogP contribution in [0.15, 0.2) is 18.2 Å². The van der Waals surface area contributed by atoms with Gasteiger partial charge in [-0.05, 0) is 39.0 Å². The summed E-state index contributed by atoms with van der Waals surface area (Å²) in [7, 11) is 5.43. The number of benzene rings is 1. The highest BCUT2D eigenvalue weighted by Gasteiger charge is 2.19. The molecule has 0 aliphatic carbocycles. The third-order valence-corrected chi connectivity index (χ3v) is 3.87. The zero-order valence-electron chi connectivity index (χ0n) is 12.5. The average molecular weight is 301 g/mol. The molecule has 0 bridgehead atoms. The van der Waals surface area contributed by atoms with E-state index >= 15 is 0 Å². The highest BCUT2D eigenvalue weighted by atomic mass is 35.5. The zero-order chi connectivity index (χ0) is 13.7. The van der Waals surface area contributed by atoms with Gasteiger partial charge in [0.1, 0.15) is 0 Å². The minimum atomic E-state index is 0. The van der Waals surface area contributed by atoms with E-state index in [2.05, 4.69) is 16.3 Å². The van der Waals surface area contributed by atoms with Crippen LogP contribution in [0.1, 0.15) is 18.4 Å². The lowest BCUT2D eigenvalue weighted by Crippen LogP contribution is -2.40. The molecule has 0 saturated carbocycles. The maximum absolute atomic E-state index is 5.49. The summed E-state index contributed by atoms with van der Waals surface area (Å²) in [6, 6.07) is 6.75. The Labute approximate surface area is 127 Å². The minimum absolute atomic E-state index is 0. The van der Waals surface area contributed by atoms with Gasteiger partial charge in [-0.2, -0.15) is 0 Å². The summed E-state index contributed by atoms with van der Waals surface area (Å²) in [6.07, 6.45) is 2.42. The quantitative estimate of drug-likeness (QED) is 0.905. The first-order valence-electron chi connectivity index (χ1n) is 6.88. The van der Waals surface area contributed by atoms with Crippen molar-refractivity contribution in [2.24, 2.45) is 0 Å². The number of nitrogens with zero attached hydrogens (tertiary/aromatic N) is 1. The Morgan fingerprint density at radius 3 is 2.45 bits per heavy atom. The van der Waals surface area contributed by atoms with E-state index in [0.717, 1.165) is 31.1 Å². The third kappa shape index (κ3) is 4.01. The van der Waals surface area contributed by atoms with Gasteiger partial charge in [0.15, 0.2) is 11.5 Å². The van der Waals surface area contributed by atoms with Gasteiger partial charge in [-0.15, -0.1) is 12.4 Å². The Morgan fingerprint density at radius 2 is 1.90 bits per heavy atom. The van der Waals surface area contributed by atoms with Crippen molar-refractivity contribution in [1.29, 1.82) is 0 Å². The van der Waals surface area contributed by atoms with E-state index in [-0.39, 0.29) is 12.4 Å². The van der Waals surface area contributed by atoms with Crippen molar-refractivity contribution >= 4 is 12.4 Å². The normalized spacial score (nSPS) is 16.6. The van der Waals surface area contributed by atoms with Crippen LogP contribution < -0.4 is 14.8 Å². The number of rotatable bonds is 5. The summed E-state index contributed by atoms with van der Waals surface area (Å²) < 4.78 is 10.8. The lowest BCUT2D eigenvalue weighted by atomic mass is 10.0. The lowest BCUT2D eigenvalue weighted by Gasteiger charge is -2.32. The molecule has 0 aromatic heterocycles. The molecule has 0 amide bonds. The molecule has 1 aromatic rings. The summed E-state index contributed by atoms with van der Waals surface area (Å²) in [6.45, 7) is 3.19. The molecular formula is C15H25ClN2O2. The van der Waals surface area contributed by atoms with Gasteiger partial charge in [-0.1, -0.05) is 12.1 Å². The van der Waals surface area contributed by atoms with E-state index in [1.807, 2.05) is 19.2 Å². The van der Waals surface area contributed by atoms with Gasteiger partial charge in [-0.25, -0.2) is 0 Å². The molecule has 1 fully saturated rings. The van der Waals surface area contributed by atoms with Crippen LogP contribution in [0.25, 0.3) is 0 Å². The molecule has 1 aromatic carbocycles. The second-order valence-corrected chi connectivity index (χ2v) is 4.99. The van der Waals surface area contributed by atoms with Crippen LogP contribution in [-0.2, 0) is 6.54 Å². The number of hydrogen-bond acceptors (Lipinski definition) is 4. The summed E-state index contributed by atoms with van der Waals surface area (Å²) >= 11 is 0. The molecule has 0 atom stereocenters. The van der Waals surface area contributed by atoms with Crippen molar-refractivity contribution in [2.45, 2.75) is 25.4 Å². The third-order valence-electron chi connectivity index (χ3n) is 3.87. The molecule has 1 aliphatic heterocycles. The predicted molar refractivity (Wildman–Crippen MR) is 84.2 cm³/mol. The number of para-hydroxylation sites is 1. The van der Waals surface area contributed by atoms with Crippen LogP contribution in [0, 0.1) is 0 Å². The summed E-state index contributed by atoms with van der Waals surface area (Å²) in [4.78, 5) is 2.48. The first-order valence-corrected chi connectivity index (χ1v) is 6.88. The molecule has 5 heteroatoms. The minimum Gasteiger partial charge on any atom is -0.493 e. The van der Waals surface area contributed by atoms with Crippen LogP contribution >= 0.6 is 12.4 Å². The summed E-state index contributed by atoms with van der Waals surface area (Å²) in [5, 5.41) is 3.36. The molecule has 0 radical (unpaired) electrons. The second-order valence-electron chi connectivity index (χ2n) is 4.99. The van der Waals surface area contributed by atoms with Gasteiger partial charge in [0, 0.05) is 18.2 Å². The first kappa shape index (κ1) is 17.1. The van der Waals surface area contributed by atoms with E-state index in [1.165, 1.54) is 18.4 Å². The van der Waals surface area contributed by atoms with Gasteiger partial charge in [0.25, 0.3) is 0 Å². The van der Waals surface area contributed by atoms with Crippen LogP contribution in [-0.4, -0.2) is 45.3 Å². The molecule has 20 heavy (non-hydrogen) atoms. The number of hydrogen-bond donors (Lipinski definition) is 1. The molecule has 1 saturated heterocycles. The smallest absolute Gasteiger partial charge is 0.165 e. The molecule has 114 valence electrons. The fraction of sp³-hybridized carbons (Fsp3) is 0.600. The van der Waals surface area contributed by atoms with Crippen molar-refractivity contribution in [3.63, 3.8) is 0 Å². The van der Waals surface area contributed by atoms with E-state index in [1.54, 1.807) is 14.2 Å². The fourth-order valence-electron chi connectivity index (χ4n) is 2.70. The number of piperidine rings is 1. The van der Waals surface area contributed by atoms with E-state index in [4.69, 9.17) is 9.47 Å². The fourth-order valence-corrected chi connectivity index (χ4v) is 2.70. The SMILES string of the molecule is CNC1CCN(Cc2cccc(OC)c2OC)CC1.Cl. The highest BCUT2D eigenvalue weighted by molar-refractivity contribution is 5.85. The number of nitrogens with one attached hydrogen (secondary N) is 1. The lowest BCUT2D eigenvalue weighted by molar-refractivity contribution is 0.192. The van der Waals surface area contributed by atoms with Crippen LogP contribution in [0.2, 0.25) is 0 Å². The van der Waals surface area contributed by atoms with Gasteiger partial charge in [-0.3, -0.25) is 4.90 Å². The van der Waals surface area contributed by atoms with Crippen molar-refractivity contribution in [1.82, 2.24) is 10.2 Å². The molecule has 1 heterocycles. The maximum Gasteiger partial charge on any atom is 0.165 e. The first-order chi connectivity index (χ1) is 9.28. The summed E-state index contributed by atoms with van der Waals surface area (Å²) in [5.41, 5.74) is 1.20. The number of halogens is 1. The van der Waals surface area contributed by atoms with Crippen molar-refractivity contribution < 1.29 is 9.47 Å². The van der Waals surface area contributed by atoms with E-state index in [0.29, 0.717) is 6.04 Å². The maximum atomic E-state index is 5.49. The van der Waals surface area contributed by atoms with Gasteiger partial charge < -0.3 is 14.8 Å². The van der Waals surface area contributed by atoms with E-state index < -0.39 is 0 Å². The largest absolute Gasteiger partial charge is 0.493 e. The zero-order valence-corrected chi connectivity index (χ0v) is 13.3. The monoisotopic (exact) mass is 300 g/mol. The standard InChI is InChI=1S/C15H24N2O2.ClH/c1-16-13-7-9-17(10-8-13)11-12-5-4-6-14(18-2)15(12)19-3;/h4-6,13,16H,7-11H2,1-3H3;1H. The molecule has 1 aliphatic rings. The van der Waals surface area contributed by atoms with Gasteiger partial charge >= 0.3 is 0 Å². The van der Waals surface area contributed by atoms with Crippen molar-refractivity contribution in [3.05, 3.63) is 23.8 Å². The Hall–Kier alpha value is -0.970.